The Kier molecular flexibility index (Phi) is 7.48. The van der Waals surface area contributed by atoms with Crippen LogP contribution in [-0.4, -0.2) is 44.5 Å². The molecule has 0 aromatic carbocycles. The molecular formula is C24H27ClN6O3. The molecule has 0 fully saturated rings. The fraction of sp³-hybridized carbons (Fsp3) is 0.292. The molecule has 3 N–H and O–H groups in total. The van der Waals surface area contributed by atoms with Crippen molar-refractivity contribution >= 4 is 17.8 Å². The molecule has 9 nitrogen and oxygen atoms in total. The van der Waals surface area contributed by atoms with E-state index in [1.165, 1.54) is 4.57 Å². The second-order valence-electron chi connectivity index (χ2n) is 8.22. The van der Waals surface area contributed by atoms with Gasteiger partial charge in [0.1, 0.15) is 23.0 Å². The van der Waals surface area contributed by atoms with Crippen molar-refractivity contribution in [3.63, 3.8) is 0 Å². The maximum atomic E-state index is 13.2. The first kappa shape index (κ1) is 25.1. The van der Waals surface area contributed by atoms with E-state index in [-0.39, 0.29) is 23.2 Å². The molecule has 3 rings (SSSR count). The normalized spacial score (nSPS) is 12.4. The smallest absolute Gasteiger partial charge is 0.277 e. The van der Waals surface area contributed by atoms with Gasteiger partial charge in [0.05, 0.1) is 17.1 Å². The van der Waals surface area contributed by atoms with E-state index in [1.807, 2.05) is 6.92 Å². The van der Waals surface area contributed by atoms with Crippen molar-refractivity contribution in [3.05, 3.63) is 74.8 Å². The lowest BCUT2D eigenvalue weighted by molar-refractivity contribution is 0.0688. The number of aryl methyl sites for hydroxylation is 2. The Labute approximate surface area is 202 Å². The van der Waals surface area contributed by atoms with Crippen molar-refractivity contribution in [2.45, 2.75) is 33.3 Å². The van der Waals surface area contributed by atoms with Crippen LogP contribution in [0.1, 0.15) is 30.9 Å². The Morgan fingerprint density at radius 2 is 2.03 bits per heavy atom. The number of allylic oxidation sites excluding steroid dienone is 1. The minimum absolute atomic E-state index is 0.0598. The van der Waals surface area contributed by atoms with Gasteiger partial charge in [0.2, 0.25) is 0 Å². The topological polar surface area (TPSA) is 129 Å². The molecule has 3 heterocycles. The van der Waals surface area contributed by atoms with Gasteiger partial charge in [0.15, 0.2) is 5.82 Å². The molecule has 0 unspecified atom stereocenters. The van der Waals surface area contributed by atoms with Gasteiger partial charge < -0.3 is 15.6 Å². The van der Waals surface area contributed by atoms with Gasteiger partial charge >= 0.3 is 0 Å². The van der Waals surface area contributed by atoms with Gasteiger partial charge in [-0.05, 0) is 51.5 Å². The number of nitrogens with zero attached hydrogens (tertiary/aromatic N) is 5. The number of aliphatic imine (C=N–C) groups is 1. The number of nitrogens with two attached hydrogens (primary N) is 1. The molecule has 0 bridgehead atoms. The summed E-state index contributed by atoms with van der Waals surface area (Å²) < 4.78 is 7.16. The molecule has 0 saturated carbocycles. The molecule has 0 spiro atoms. The average molecular weight is 483 g/mol. The summed E-state index contributed by atoms with van der Waals surface area (Å²) in [6.45, 7) is 6.90. The number of pyridine rings is 2. The van der Waals surface area contributed by atoms with E-state index in [9.17, 15) is 9.90 Å². The van der Waals surface area contributed by atoms with Gasteiger partial charge in [-0.15, -0.1) is 0 Å². The van der Waals surface area contributed by atoms with Gasteiger partial charge in [-0.3, -0.25) is 19.3 Å². The van der Waals surface area contributed by atoms with Gasteiger partial charge in [-0.1, -0.05) is 11.6 Å². The standard InChI is InChI=1S/C24H27ClN6O3/c1-14-12-29-18(17-7-9-28-23(30-17)24(3,4)33)11-19(14)31-15(2)10-20(21(25)22(31)32)34-13-16(26)6-8-27-5/h6-12,33H,13,26H2,1-5H3. The highest BCUT2D eigenvalue weighted by atomic mass is 35.5. The van der Waals surface area contributed by atoms with Gasteiger partial charge in [0.25, 0.3) is 5.56 Å². The van der Waals surface area contributed by atoms with E-state index in [0.29, 0.717) is 28.5 Å². The van der Waals surface area contributed by atoms with Crippen LogP contribution in [-0.2, 0) is 5.60 Å². The lowest BCUT2D eigenvalue weighted by atomic mass is 10.1. The minimum atomic E-state index is -1.21. The zero-order valence-electron chi connectivity index (χ0n) is 19.7. The molecule has 178 valence electrons. The fourth-order valence-electron chi connectivity index (χ4n) is 3.16. The van der Waals surface area contributed by atoms with Crippen LogP contribution in [0, 0.1) is 13.8 Å². The maximum Gasteiger partial charge on any atom is 0.277 e. The fourth-order valence-corrected chi connectivity index (χ4v) is 3.35. The lowest BCUT2D eigenvalue weighted by Crippen LogP contribution is -2.23. The summed E-state index contributed by atoms with van der Waals surface area (Å²) in [5.41, 5.74) is 7.68. The molecular weight excluding hydrogens is 456 g/mol. The Morgan fingerprint density at radius 1 is 1.29 bits per heavy atom. The predicted octanol–water partition coefficient (Wildman–Crippen LogP) is 3.11. The van der Waals surface area contributed by atoms with Crippen molar-refractivity contribution < 1.29 is 9.84 Å². The maximum absolute atomic E-state index is 13.2. The largest absolute Gasteiger partial charge is 0.486 e. The first-order valence-electron chi connectivity index (χ1n) is 10.5. The molecule has 0 aliphatic heterocycles. The van der Waals surface area contributed by atoms with Crippen molar-refractivity contribution in [3.8, 4) is 22.8 Å². The highest BCUT2D eigenvalue weighted by Crippen LogP contribution is 2.27. The molecule has 0 aliphatic rings. The van der Waals surface area contributed by atoms with E-state index < -0.39 is 11.2 Å². The Hall–Kier alpha value is -3.56. The average Bonchev–Trinajstić information content (AvgIpc) is 2.79. The van der Waals surface area contributed by atoms with Crippen LogP contribution >= 0.6 is 11.6 Å². The minimum Gasteiger partial charge on any atom is -0.486 e. The summed E-state index contributed by atoms with van der Waals surface area (Å²) in [5, 5.41) is 10.2. The van der Waals surface area contributed by atoms with Crippen LogP contribution in [0.4, 0.5) is 0 Å². The van der Waals surface area contributed by atoms with Crippen LogP contribution in [0.15, 0.2) is 52.2 Å². The second-order valence-corrected chi connectivity index (χ2v) is 8.60. The number of hydrogen-bond donors (Lipinski definition) is 2. The van der Waals surface area contributed by atoms with Crippen LogP contribution in [0.3, 0.4) is 0 Å². The summed E-state index contributed by atoms with van der Waals surface area (Å²) in [5.74, 6) is 0.508. The highest BCUT2D eigenvalue weighted by Gasteiger charge is 2.21. The molecule has 0 amide bonds. The Bertz CT molecular complexity index is 1330. The third-order valence-electron chi connectivity index (χ3n) is 4.91. The van der Waals surface area contributed by atoms with Crippen molar-refractivity contribution in [2.75, 3.05) is 13.7 Å². The molecule has 10 heteroatoms. The number of halogens is 1. The van der Waals surface area contributed by atoms with E-state index in [1.54, 1.807) is 70.7 Å². The Balaban J connectivity index is 2.04. The summed E-state index contributed by atoms with van der Waals surface area (Å²) in [7, 11) is 1.63. The first-order valence-corrected chi connectivity index (χ1v) is 10.9. The Morgan fingerprint density at radius 3 is 2.71 bits per heavy atom. The SMILES string of the molecule is CN=CC=C(N)COc1cc(C)n(-c2cc(-c3ccnc(C(C)(C)O)n3)ncc2C)c(=O)c1Cl. The zero-order chi connectivity index (χ0) is 25.0. The summed E-state index contributed by atoms with van der Waals surface area (Å²) in [6.07, 6.45) is 6.38. The van der Waals surface area contributed by atoms with Gasteiger partial charge in [-0.25, -0.2) is 9.97 Å². The van der Waals surface area contributed by atoms with E-state index in [2.05, 4.69) is 19.9 Å². The summed E-state index contributed by atoms with van der Waals surface area (Å²) in [4.78, 5) is 30.1. The number of hydrogen-bond acceptors (Lipinski definition) is 8. The van der Waals surface area contributed by atoms with E-state index in [0.717, 1.165) is 5.56 Å². The highest BCUT2D eigenvalue weighted by molar-refractivity contribution is 6.31. The summed E-state index contributed by atoms with van der Waals surface area (Å²) in [6, 6.07) is 5.13. The van der Waals surface area contributed by atoms with E-state index in [4.69, 9.17) is 22.1 Å². The third kappa shape index (κ3) is 5.49. The van der Waals surface area contributed by atoms with Crippen molar-refractivity contribution in [1.82, 2.24) is 19.5 Å². The first-order chi connectivity index (χ1) is 16.0. The quantitative estimate of drug-likeness (QED) is 0.495. The molecule has 0 saturated heterocycles. The van der Waals surface area contributed by atoms with E-state index >= 15 is 0 Å². The van der Waals surface area contributed by atoms with Gasteiger partial charge in [-0.2, -0.15) is 0 Å². The van der Waals surface area contributed by atoms with Crippen LogP contribution in [0.5, 0.6) is 5.75 Å². The van der Waals surface area contributed by atoms with Crippen molar-refractivity contribution in [2.24, 2.45) is 10.7 Å². The zero-order valence-corrected chi connectivity index (χ0v) is 20.5. The van der Waals surface area contributed by atoms with Gasteiger partial charge in [0, 0.05) is 43.1 Å². The second kappa shape index (κ2) is 10.1. The number of ether oxygens (including phenoxy) is 1. The molecule has 34 heavy (non-hydrogen) atoms. The molecule has 3 aromatic rings. The lowest BCUT2D eigenvalue weighted by Gasteiger charge is -2.17. The summed E-state index contributed by atoms with van der Waals surface area (Å²) >= 11 is 6.38. The monoisotopic (exact) mass is 482 g/mol. The molecule has 0 atom stereocenters. The number of rotatable bonds is 7. The third-order valence-corrected chi connectivity index (χ3v) is 5.26. The van der Waals surface area contributed by atoms with Crippen LogP contribution in [0.2, 0.25) is 5.02 Å². The molecule has 3 aromatic heterocycles. The van der Waals surface area contributed by atoms with Crippen molar-refractivity contribution in [1.29, 1.82) is 0 Å². The van der Waals surface area contributed by atoms with Crippen LogP contribution in [0.25, 0.3) is 17.1 Å². The predicted molar refractivity (Wildman–Crippen MR) is 133 cm³/mol. The molecule has 0 radical (unpaired) electrons. The van der Waals surface area contributed by atoms with Crippen LogP contribution < -0.4 is 16.0 Å². The number of aromatic nitrogens is 4. The number of aliphatic hydroxyl groups is 1. The molecule has 0 aliphatic carbocycles.